The first kappa shape index (κ1) is 22.0. The topological polar surface area (TPSA) is 71.5 Å². The Labute approximate surface area is 195 Å². The van der Waals surface area contributed by atoms with Crippen LogP contribution in [0.2, 0.25) is 0 Å². The molecule has 1 aliphatic carbocycles. The minimum atomic E-state index is -0.221. The molecule has 6 nitrogen and oxygen atoms in total. The highest BCUT2D eigenvalue weighted by Gasteiger charge is 2.28. The number of carbonyl (C=O) groups excluding carboxylic acids is 1. The first-order valence-electron chi connectivity index (χ1n) is 12.2. The van der Waals surface area contributed by atoms with E-state index in [1.165, 1.54) is 24.0 Å². The van der Waals surface area contributed by atoms with Gasteiger partial charge < -0.3 is 14.3 Å². The van der Waals surface area contributed by atoms with Crippen LogP contribution in [0, 0.1) is 12.8 Å². The molecule has 0 spiro atoms. The lowest BCUT2D eigenvalue weighted by Crippen LogP contribution is -2.41. The molecule has 1 aromatic carbocycles. The molecule has 0 unspecified atom stereocenters. The molecule has 6 heteroatoms. The van der Waals surface area contributed by atoms with Crippen LogP contribution in [0.3, 0.4) is 0 Å². The number of benzene rings is 1. The quantitative estimate of drug-likeness (QED) is 0.553. The van der Waals surface area contributed by atoms with E-state index in [1.54, 1.807) is 6.07 Å². The highest BCUT2D eigenvalue weighted by Crippen LogP contribution is 2.29. The molecule has 0 saturated carbocycles. The van der Waals surface area contributed by atoms with E-state index in [0.717, 1.165) is 61.8 Å². The summed E-state index contributed by atoms with van der Waals surface area (Å²) in [5.41, 5.74) is 4.10. The van der Waals surface area contributed by atoms with E-state index in [1.807, 2.05) is 19.1 Å². The van der Waals surface area contributed by atoms with Gasteiger partial charge in [-0.05, 0) is 93.8 Å². The van der Waals surface area contributed by atoms with Crippen molar-refractivity contribution < 1.29 is 13.7 Å². The Morgan fingerprint density at radius 1 is 1.12 bits per heavy atom. The summed E-state index contributed by atoms with van der Waals surface area (Å²) in [4.78, 5) is 15.3. The van der Waals surface area contributed by atoms with Crippen LogP contribution in [0.15, 0.2) is 45.3 Å². The average Bonchev–Trinajstić information content (AvgIpc) is 3.50. The summed E-state index contributed by atoms with van der Waals surface area (Å²) < 4.78 is 11.5. The number of carbonyl (C=O) groups is 1. The number of furan rings is 1. The van der Waals surface area contributed by atoms with Gasteiger partial charge in [0.1, 0.15) is 11.5 Å². The number of nitrogens with one attached hydrogen (secondary N) is 1. The van der Waals surface area contributed by atoms with Crippen molar-refractivity contribution in [1.29, 1.82) is 0 Å². The molecular weight excluding hydrogens is 414 g/mol. The van der Waals surface area contributed by atoms with Crippen LogP contribution in [0.5, 0.6) is 0 Å². The van der Waals surface area contributed by atoms with Gasteiger partial charge in [-0.3, -0.25) is 9.69 Å². The number of nitrogens with zero attached hydrogens (tertiary/aromatic N) is 2. The van der Waals surface area contributed by atoms with E-state index >= 15 is 0 Å². The van der Waals surface area contributed by atoms with Crippen molar-refractivity contribution in [2.75, 3.05) is 19.6 Å². The first-order valence-corrected chi connectivity index (χ1v) is 12.2. The average molecular weight is 448 g/mol. The zero-order chi connectivity index (χ0) is 22.8. The first-order chi connectivity index (χ1) is 16.1. The molecule has 1 aliphatic heterocycles. The van der Waals surface area contributed by atoms with Crippen LogP contribution >= 0.6 is 0 Å². The van der Waals surface area contributed by atoms with Crippen LogP contribution in [-0.4, -0.2) is 35.6 Å². The third kappa shape index (κ3) is 4.91. The van der Waals surface area contributed by atoms with Crippen molar-refractivity contribution in [3.63, 3.8) is 0 Å². The molecule has 1 saturated heterocycles. The molecule has 1 fully saturated rings. The minimum Gasteiger partial charge on any atom is -0.465 e. The number of hydrogen-bond donors (Lipinski definition) is 1. The molecule has 0 radical (unpaired) electrons. The number of fused-ring (bicyclic) bond motifs is 1. The predicted octanol–water partition coefficient (Wildman–Crippen LogP) is 5.32. The van der Waals surface area contributed by atoms with Crippen LogP contribution in [-0.2, 0) is 12.8 Å². The summed E-state index contributed by atoms with van der Waals surface area (Å²) in [6.07, 6.45) is 7.06. The molecule has 0 bridgehead atoms. The van der Waals surface area contributed by atoms with E-state index in [-0.39, 0.29) is 11.9 Å². The van der Waals surface area contributed by atoms with Gasteiger partial charge in [-0.15, -0.1) is 0 Å². The number of aryl methyl sites for hydroxylation is 3. The largest absolute Gasteiger partial charge is 0.465 e. The fourth-order valence-corrected chi connectivity index (χ4v) is 5.07. The van der Waals surface area contributed by atoms with E-state index in [0.29, 0.717) is 18.0 Å². The lowest BCUT2D eigenvalue weighted by Gasteiger charge is -2.35. The number of likely N-dealkylation sites (tertiary alicyclic amines) is 1. The Hall–Kier alpha value is -2.86. The van der Waals surface area contributed by atoms with E-state index in [9.17, 15) is 4.79 Å². The minimum absolute atomic E-state index is 0.0159. The smallest absolute Gasteiger partial charge is 0.273 e. The maximum absolute atomic E-state index is 12.9. The van der Waals surface area contributed by atoms with Gasteiger partial charge in [-0.1, -0.05) is 24.2 Å². The van der Waals surface area contributed by atoms with Gasteiger partial charge in [0.15, 0.2) is 11.5 Å². The normalized spacial score (nSPS) is 18.1. The summed E-state index contributed by atoms with van der Waals surface area (Å²) in [7, 11) is 0. The summed E-state index contributed by atoms with van der Waals surface area (Å²) in [6, 6.07) is 12.2. The molecule has 3 heterocycles. The fourth-order valence-electron chi connectivity index (χ4n) is 5.07. The van der Waals surface area contributed by atoms with Crippen molar-refractivity contribution in [1.82, 2.24) is 15.4 Å². The number of amides is 1. The van der Waals surface area contributed by atoms with Crippen LogP contribution in [0.1, 0.15) is 71.8 Å². The van der Waals surface area contributed by atoms with Crippen LogP contribution in [0.25, 0.3) is 11.3 Å². The highest BCUT2D eigenvalue weighted by atomic mass is 16.5. The molecule has 5 rings (SSSR count). The van der Waals surface area contributed by atoms with Gasteiger partial charge in [0.05, 0.1) is 6.04 Å². The van der Waals surface area contributed by atoms with Crippen LogP contribution in [0.4, 0.5) is 0 Å². The Morgan fingerprint density at radius 3 is 2.67 bits per heavy atom. The number of hydrogen-bond acceptors (Lipinski definition) is 5. The summed E-state index contributed by atoms with van der Waals surface area (Å²) in [5, 5.41) is 7.12. The van der Waals surface area contributed by atoms with E-state index in [4.69, 9.17) is 8.94 Å². The molecule has 174 valence electrons. The molecule has 1 atom stereocenters. The van der Waals surface area contributed by atoms with Gasteiger partial charge in [0, 0.05) is 18.2 Å². The Kier molecular flexibility index (Phi) is 6.36. The summed E-state index contributed by atoms with van der Waals surface area (Å²) >= 11 is 0. The lowest BCUT2D eigenvalue weighted by atomic mass is 9.90. The number of rotatable bonds is 6. The molecule has 2 aromatic heterocycles. The number of piperidine rings is 1. The van der Waals surface area contributed by atoms with Gasteiger partial charge in [0.25, 0.3) is 5.91 Å². The van der Waals surface area contributed by atoms with E-state index < -0.39 is 0 Å². The third-order valence-electron chi connectivity index (χ3n) is 7.18. The second kappa shape index (κ2) is 9.56. The van der Waals surface area contributed by atoms with Crippen molar-refractivity contribution in [3.05, 3.63) is 64.7 Å². The Morgan fingerprint density at radius 2 is 1.91 bits per heavy atom. The molecular formula is C27H33N3O3. The van der Waals surface area contributed by atoms with Crippen LogP contribution < -0.4 is 5.32 Å². The lowest BCUT2D eigenvalue weighted by molar-refractivity contribution is 0.0887. The Bertz CT molecular complexity index is 1110. The third-order valence-corrected chi connectivity index (χ3v) is 7.18. The second-order valence-corrected chi connectivity index (χ2v) is 9.66. The maximum atomic E-state index is 12.9. The molecule has 1 N–H and O–H groups in total. The van der Waals surface area contributed by atoms with Crippen molar-refractivity contribution in [2.45, 2.75) is 58.4 Å². The molecule has 3 aromatic rings. The monoisotopic (exact) mass is 447 g/mol. The molecule has 1 amide bonds. The molecule has 33 heavy (non-hydrogen) atoms. The van der Waals surface area contributed by atoms with Crippen molar-refractivity contribution >= 4 is 5.91 Å². The fraction of sp³-hybridized carbons (Fsp3) is 0.481. The van der Waals surface area contributed by atoms with Gasteiger partial charge in [-0.2, -0.15) is 0 Å². The maximum Gasteiger partial charge on any atom is 0.273 e. The van der Waals surface area contributed by atoms with E-state index in [2.05, 4.69) is 40.5 Å². The van der Waals surface area contributed by atoms with Crippen molar-refractivity contribution in [3.8, 4) is 11.3 Å². The summed E-state index contributed by atoms with van der Waals surface area (Å²) in [6.45, 7) is 6.74. The SMILES string of the molecule is Cc1ccc([C@@H](CNC(=O)c2cc(-c3ccc4c(c3)CCCC4)on2)N2CCC(C)CC2)o1. The summed E-state index contributed by atoms with van der Waals surface area (Å²) in [5.74, 6) is 2.94. The zero-order valence-electron chi connectivity index (χ0n) is 19.6. The number of aromatic nitrogens is 1. The van der Waals surface area contributed by atoms with Gasteiger partial charge >= 0.3 is 0 Å². The second-order valence-electron chi connectivity index (χ2n) is 9.66. The standard InChI is InChI=1S/C27H33N3O3/c1-18-11-13-30(14-12-18)24(25-10-7-19(2)32-25)17-28-27(31)23-16-26(33-29-23)22-9-8-20-5-3-4-6-21(20)15-22/h7-10,15-16,18,24H,3-6,11-14,17H2,1-2H3,(H,28,31)/t24-/m1/s1. The zero-order valence-corrected chi connectivity index (χ0v) is 19.6. The van der Waals surface area contributed by atoms with Crippen molar-refractivity contribution in [2.24, 2.45) is 5.92 Å². The van der Waals surface area contributed by atoms with Gasteiger partial charge in [0.2, 0.25) is 0 Å². The van der Waals surface area contributed by atoms with Gasteiger partial charge in [-0.25, -0.2) is 0 Å². The Balaban J connectivity index is 1.27. The predicted molar refractivity (Wildman–Crippen MR) is 127 cm³/mol. The highest BCUT2D eigenvalue weighted by molar-refractivity contribution is 5.93. The molecule has 2 aliphatic rings.